The van der Waals surface area contributed by atoms with Crippen molar-refractivity contribution in [3.63, 3.8) is 0 Å². The SMILES string of the molecule is C[C@]12C=CC(=O)C=C1CC[C@@H]1[C@@H]2[C@@H](O)C[C@@]2(C)[C@H]1CC[C@]2(O)C(=O)OCCl.O=[N+]([O-])[O-]. The van der Waals surface area contributed by atoms with Crippen LogP contribution in [0.2, 0.25) is 0 Å². The molecular formula is C21H27ClNO8-. The van der Waals surface area contributed by atoms with Gasteiger partial charge in [0.25, 0.3) is 0 Å². The number of aliphatic hydroxyl groups is 2. The molecule has 2 N–H and O–H groups in total. The first kappa shape index (κ1) is 23.7. The standard InChI is InChI=1S/C21H27ClO5.NO3/c1-19-7-5-13(23)9-12(19)3-4-14-15-6-8-21(26,18(25)27-11-22)20(15,2)10-16(24)17(14)19;2-1(3)4/h5,7,9,14-17,24,26H,3-4,6,8,10-11H2,1-2H3;/q;-1/t14-,15-,16-,17+,19-,20-,21-;/m0./s1. The second-order valence-corrected chi connectivity index (χ2v) is 9.59. The molecule has 4 rings (SSSR count). The Bertz CT molecular complexity index is 839. The lowest BCUT2D eigenvalue weighted by molar-refractivity contribution is -0.402. The maximum Gasteiger partial charge on any atom is 0.339 e. The number of rotatable bonds is 2. The quantitative estimate of drug-likeness (QED) is 0.278. The molecule has 4 aliphatic carbocycles. The molecule has 31 heavy (non-hydrogen) atoms. The summed E-state index contributed by atoms with van der Waals surface area (Å²) >= 11 is 5.56. The van der Waals surface area contributed by atoms with Gasteiger partial charge in [0.1, 0.15) is 0 Å². The molecule has 0 heterocycles. The molecule has 0 aromatic heterocycles. The van der Waals surface area contributed by atoms with Crippen molar-refractivity contribution < 1.29 is 29.6 Å². The Balaban J connectivity index is 0.000000628. The maximum atomic E-state index is 12.5. The first-order valence-electron chi connectivity index (χ1n) is 10.3. The molecule has 0 radical (unpaired) electrons. The van der Waals surface area contributed by atoms with Crippen LogP contribution in [0, 0.1) is 43.9 Å². The highest BCUT2D eigenvalue weighted by molar-refractivity contribution is 6.17. The highest BCUT2D eigenvalue weighted by Gasteiger charge is 2.68. The van der Waals surface area contributed by atoms with E-state index in [4.69, 9.17) is 31.7 Å². The lowest BCUT2D eigenvalue weighted by Crippen LogP contribution is -2.61. The summed E-state index contributed by atoms with van der Waals surface area (Å²) in [6.07, 6.45) is 7.64. The molecule has 0 aliphatic heterocycles. The molecule has 9 nitrogen and oxygen atoms in total. The molecule has 0 aromatic carbocycles. The molecule has 0 aromatic rings. The normalized spacial score (nSPS) is 42.9. The molecule has 4 aliphatic rings. The monoisotopic (exact) mass is 456 g/mol. The number of hydrogen-bond acceptors (Lipinski definition) is 8. The summed E-state index contributed by atoms with van der Waals surface area (Å²) < 4.78 is 4.97. The Labute approximate surface area is 184 Å². The van der Waals surface area contributed by atoms with E-state index in [1.165, 1.54) is 0 Å². The van der Waals surface area contributed by atoms with Crippen LogP contribution < -0.4 is 0 Å². The minimum Gasteiger partial charge on any atom is -0.447 e. The highest BCUT2D eigenvalue weighted by Crippen LogP contribution is 2.67. The Hall–Kier alpha value is -1.97. The van der Waals surface area contributed by atoms with E-state index in [2.05, 4.69) is 6.92 Å². The zero-order valence-corrected chi connectivity index (χ0v) is 18.2. The minimum absolute atomic E-state index is 0.00937. The fraction of sp³-hybridized carbons (Fsp3) is 0.714. The number of hydrogen-bond donors (Lipinski definition) is 2. The van der Waals surface area contributed by atoms with Gasteiger partial charge in [-0.05, 0) is 56.1 Å². The van der Waals surface area contributed by atoms with Crippen LogP contribution in [0.25, 0.3) is 0 Å². The average Bonchev–Trinajstić information content (AvgIpc) is 2.93. The average molecular weight is 457 g/mol. The van der Waals surface area contributed by atoms with Gasteiger partial charge in [-0.15, -0.1) is 0 Å². The molecular weight excluding hydrogens is 430 g/mol. The van der Waals surface area contributed by atoms with Gasteiger partial charge in [-0.2, -0.15) is 0 Å². The second kappa shape index (κ2) is 8.18. The number of fused-ring (bicyclic) bond motifs is 5. The van der Waals surface area contributed by atoms with Crippen molar-refractivity contribution >= 4 is 23.4 Å². The van der Waals surface area contributed by atoms with Gasteiger partial charge in [0.05, 0.1) is 11.2 Å². The second-order valence-electron chi connectivity index (χ2n) is 9.38. The van der Waals surface area contributed by atoms with Crippen molar-refractivity contribution in [1.29, 1.82) is 0 Å². The Morgan fingerprint density at radius 3 is 2.61 bits per heavy atom. The summed E-state index contributed by atoms with van der Waals surface area (Å²) in [4.78, 5) is 32.6. The van der Waals surface area contributed by atoms with Gasteiger partial charge >= 0.3 is 5.97 Å². The van der Waals surface area contributed by atoms with Crippen molar-refractivity contribution in [2.75, 3.05) is 6.07 Å². The van der Waals surface area contributed by atoms with Crippen LogP contribution in [-0.4, -0.2) is 44.8 Å². The van der Waals surface area contributed by atoms with Crippen molar-refractivity contribution in [1.82, 2.24) is 0 Å². The first-order valence-corrected chi connectivity index (χ1v) is 10.8. The summed E-state index contributed by atoms with van der Waals surface area (Å²) in [5.41, 5.74) is -1.63. The lowest BCUT2D eigenvalue weighted by Gasteiger charge is -2.59. The molecule has 3 saturated carbocycles. The highest BCUT2D eigenvalue weighted by atomic mass is 35.5. The number of esters is 1. The molecule has 0 amide bonds. The lowest BCUT2D eigenvalue weighted by atomic mass is 9.46. The summed E-state index contributed by atoms with van der Waals surface area (Å²) in [6.45, 7) is 4.01. The minimum atomic E-state index is -1.75. The molecule has 10 heteroatoms. The van der Waals surface area contributed by atoms with E-state index in [1.807, 2.05) is 13.0 Å². The number of nitrogens with zero attached hydrogens (tertiary/aromatic N) is 1. The third-order valence-corrected chi connectivity index (χ3v) is 8.28. The van der Waals surface area contributed by atoms with Crippen LogP contribution in [0.5, 0.6) is 0 Å². The zero-order chi connectivity index (χ0) is 23.2. The Kier molecular flexibility index (Phi) is 6.25. The Morgan fingerprint density at radius 2 is 2.00 bits per heavy atom. The zero-order valence-electron chi connectivity index (χ0n) is 17.5. The van der Waals surface area contributed by atoms with Gasteiger partial charge in [0.15, 0.2) is 17.5 Å². The molecule has 7 atom stereocenters. The summed E-state index contributed by atoms with van der Waals surface area (Å²) in [5.74, 6) is -0.403. The summed E-state index contributed by atoms with van der Waals surface area (Å²) in [6, 6.07) is -0.290. The predicted molar refractivity (Wildman–Crippen MR) is 110 cm³/mol. The fourth-order valence-electron chi connectivity index (χ4n) is 6.83. The molecule has 3 fully saturated rings. The Morgan fingerprint density at radius 1 is 1.35 bits per heavy atom. The van der Waals surface area contributed by atoms with Gasteiger partial charge < -0.3 is 30.3 Å². The first-order chi connectivity index (χ1) is 14.4. The topological polar surface area (TPSA) is 150 Å². The van der Waals surface area contributed by atoms with E-state index in [9.17, 15) is 19.8 Å². The van der Waals surface area contributed by atoms with E-state index in [1.54, 1.807) is 12.2 Å². The number of ketones is 1. The van der Waals surface area contributed by atoms with Crippen molar-refractivity contribution in [3.8, 4) is 0 Å². The molecule has 0 bridgehead atoms. The third-order valence-electron chi connectivity index (χ3n) is 8.17. The smallest absolute Gasteiger partial charge is 0.339 e. The fourth-order valence-corrected chi connectivity index (χ4v) is 6.93. The maximum absolute atomic E-state index is 12.5. The molecule has 0 spiro atoms. The van der Waals surface area contributed by atoms with Crippen molar-refractivity contribution in [2.24, 2.45) is 28.6 Å². The molecule has 0 unspecified atom stereocenters. The number of ether oxygens (including phenoxy) is 1. The van der Waals surface area contributed by atoms with Crippen LogP contribution in [-0.2, 0) is 14.3 Å². The van der Waals surface area contributed by atoms with Gasteiger partial charge in [-0.25, -0.2) is 4.79 Å². The third kappa shape index (κ3) is 3.66. The van der Waals surface area contributed by atoms with Crippen LogP contribution in [0.15, 0.2) is 23.8 Å². The number of allylic oxidation sites excluding steroid dienone is 4. The van der Waals surface area contributed by atoms with Gasteiger partial charge in [0, 0.05) is 16.7 Å². The van der Waals surface area contributed by atoms with Crippen molar-refractivity contribution in [2.45, 2.75) is 57.7 Å². The number of alkyl halides is 1. The van der Waals surface area contributed by atoms with Gasteiger partial charge in [-0.3, -0.25) is 4.79 Å². The number of carbonyl (C=O) groups is 2. The largest absolute Gasteiger partial charge is 0.447 e. The van der Waals surface area contributed by atoms with Gasteiger partial charge in [0.2, 0.25) is 0 Å². The van der Waals surface area contributed by atoms with E-state index in [0.717, 1.165) is 24.8 Å². The van der Waals surface area contributed by atoms with Crippen molar-refractivity contribution in [3.05, 3.63) is 39.1 Å². The molecule has 0 saturated heterocycles. The summed E-state index contributed by atoms with van der Waals surface area (Å²) in [5, 5.41) is 37.2. The number of halogens is 1. The number of aliphatic hydroxyl groups excluding tert-OH is 1. The van der Waals surface area contributed by atoms with E-state index in [-0.39, 0.29) is 35.0 Å². The van der Waals surface area contributed by atoms with Crippen LogP contribution in [0.4, 0.5) is 0 Å². The van der Waals surface area contributed by atoms with Crippen LogP contribution in [0.3, 0.4) is 0 Å². The van der Waals surface area contributed by atoms with E-state index < -0.39 is 28.2 Å². The van der Waals surface area contributed by atoms with Crippen LogP contribution >= 0.6 is 11.6 Å². The van der Waals surface area contributed by atoms with Crippen LogP contribution in [0.1, 0.15) is 46.0 Å². The van der Waals surface area contributed by atoms with Gasteiger partial charge in [-0.1, -0.05) is 37.1 Å². The predicted octanol–water partition coefficient (Wildman–Crippen LogP) is 2.50. The number of carbonyl (C=O) groups excluding carboxylic acids is 2. The molecule has 172 valence electrons. The van der Waals surface area contributed by atoms with E-state index in [0.29, 0.717) is 12.8 Å². The summed E-state index contributed by atoms with van der Waals surface area (Å²) in [7, 11) is 0. The van der Waals surface area contributed by atoms with E-state index >= 15 is 0 Å².